The lowest BCUT2D eigenvalue weighted by molar-refractivity contribution is -0.122. The van der Waals surface area contributed by atoms with Crippen LogP contribution in [-0.2, 0) is 11.8 Å². The minimum atomic E-state index is -1.87. The molecule has 1 heterocycles. The highest BCUT2D eigenvalue weighted by molar-refractivity contribution is 7.80. The molecule has 1 amide bonds. The Hall–Kier alpha value is -1.74. The van der Waals surface area contributed by atoms with E-state index in [2.05, 4.69) is 16.0 Å². The van der Waals surface area contributed by atoms with Crippen LogP contribution in [0.4, 0.5) is 5.69 Å². The van der Waals surface area contributed by atoms with Gasteiger partial charge in [0.05, 0.1) is 11.4 Å². The molecule has 2 aromatic rings. The van der Waals surface area contributed by atoms with E-state index in [4.69, 9.17) is 47.0 Å². The number of hydrogen-bond acceptors (Lipinski definition) is 3. The highest BCUT2D eigenvalue weighted by Crippen LogP contribution is 2.29. The molecule has 1 aromatic heterocycles. The van der Waals surface area contributed by atoms with Crippen molar-refractivity contribution in [3.63, 3.8) is 0 Å². The van der Waals surface area contributed by atoms with Crippen molar-refractivity contribution < 1.29 is 4.79 Å². The summed E-state index contributed by atoms with van der Waals surface area (Å²) in [6, 6.07) is 9.20. The molecule has 1 aromatic carbocycles. The van der Waals surface area contributed by atoms with Crippen LogP contribution >= 0.6 is 47.0 Å². The lowest BCUT2D eigenvalue weighted by atomic mass is 10.1. The predicted molar refractivity (Wildman–Crippen MR) is 127 cm³/mol. The quantitative estimate of drug-likeness (QED) is 0.326. The number of aromatic nitrogens is 2. The van der Waals surface area contributed by atoms with Crippen LogP contribution in [0.5, 0.6) is 0 Å². The number of rotatable bonds is 6. The van der Waals surface area contributed by atoms with Crippen LogP contribution in [0.1, 0.15) is 26.0 Å². The predicted octanol–water partition coefficient (Wildman–Crippen LogP) is 3.63. The van der Waals surface area contributed by atoms with Crippen molar-refractivity contribution in [1.29, 1.82) is 0 Å². The Morgan fingerprint density at radius 3 is 2.30 bits per heavy atom. The van der Waals surface area contributed by atoms with Gasteiger partial charge in [-0.2, -0.15) is 0 Å². The Kier molecular flexibility index (Phi) is 8.21. The summed E-state index contributed by atoms with van der Waals surface area (Å²) in [6.07, 6.45) is -0.826. The zero-order chi connectivity index (χ0) is 22.6. The summed E-state index contributed by atoms with van der Waals surface area (Å²) >= 11 is 23.3. The molecule has 0 aliphatic heterocycles. The van der Waals surface area contributed by atoms with Crippen molar-refractivity contribution >= 4 is 63.7 Å². The van der Waals surface area contributed by atoms with Gasteiger partial charge in [-0.25, -0.2) is 4.68 Å². The number of alkyl halides is 3. The second-order valence-electron chi connectivity index (χ2n) is 7.18. The van der Waals surface area contributed by atoms with E-state index in [1.807, 2.05) is 44.2 Å². The molecule has 0 radical (unpaired) electrons. The van der Waals surface area contributed by atoms with Crippen LogP contribution in [0.2, 0.25) is 0 Å². The number of para-hydroxylation sites is 1. The number of benzene rings is 1. The lowest BCUT2D eigenvalue weighted by Crippen LogP contribution is -2.56. The highest BCUT2D eigenvalue weighted by atomic mass is 35.6. The zero-order valence-corrected chi connectivity index (χ0v) is 20.1. The standard InChI is InChI=1S/C19H24Cl3N5O2S/c1-11(2)10-14(28)23-17(19(20,21)22)25-18(30)24-15-12(3)26(4)27(16(15)29)13-8-6-5-7-9-13/h5-9,11,17H,10H2,1-4H3,(H,23,28)(H2,24,25,30)/t17-/m0/s1. The number of anilines is 1. The largest absolute Gasteiger partial charge is 0.339 e. The van der Waals surface area contributed by atoms with Gasteiger partial charge in [-0.3, -0.25) is 14.3 Å². The van der Waals surface area contributed by atoms with Crippen molar-refractivity contribution in [2.75, 3.05) is 5.32 Å². The average Bonchev–Trinajstić information content (AvgIpc) is 2.84. The van der Waals surface area contributed by atoms with Crippen molar-refractivity contribution in [3.05, 3.63) is 46.4 Å². The maximum absolute atomic E-state index is 13.0. The van der Waals surface area contributed by atoms with Gasteiger partial charge in [0.1, 0.15) is 11.9 Å². The molecular formula is C19H24Cl3N5O2S. The Labute approximate surface area is 195 Å². The van der Waals surface area contributed by atoms with Crippen molar-refractivity contribution in [2.24, 2.45) is 13.0 Å². The molecule has 0 fully saturated rings. The Bertz CT molecular complexity index is 967. The number of hydrogen-bond donors (Lipinski definition) is 3. The van der Waals surface area contributed by atoms with Gasteiger partial charge in [0.15, 0.2) is 5.11 Å². The molecule has 164 valence electrons. The number of nitrogens with zero attached hydrogens (tertiary/aromatic N) is 2. The van der Waals surface area contributed by atoms with E-state index in [9.17, 15) is 9.59 Å². The van der Waals surface area contributed by atoms with E-state index in [0.29, 0.717) is 11.4 Å². The normalized spacial score (nSPS) is 12.5. The minimum Gasteiger partial charge on any atom is -0.339 e. The monoisotopic (exact) mass is 491 g/mol. The summed E-state index contributed by atoms with van der Waals surface area (Å²) < 4.78 is 1.35. The summed E-state index contributed by atoms with van der Waals surface area (Å²) in [4.78, 5) is 25.1. The van der Waals surface area contributed by atoms with E-state index in [0.717, 1.165) is 0 Å². The van der Waals surface area contributed by atoms with Gasteiger partial charge in [-0.15, -0.1) is 0 Å². The van der Waals surface area contributed by atoms with Crippen molar-refractivity contribution in [3.8, 4) is 5.69 Å². The van der Waals surface area contributed by atoms with Gasteiger partial charge in [0.2, 0.25) is 9.70 Å². The second kappa shape index (κ2) is 10.0. The van der Waals surface area contributed by atoms with E-state index in [1.54, 1.807) is 18.7 Å². The fraction of sp³-hybridized carbons (Fsp3) is 0.421. The third-order valence-electron chi connectivity index (χ3n) is 4.29. The first-order chi connectivity index (χ1) is 13.9. The third-order valence-corrected chi connectivity index (χ3v) is 5.17. The van der Waals surface area contributed by atoms with Crippen LogP contribution in [-0.4, -0.2) is 30.3 Å². The van der Waals surface area contributed by atoms with E-state index < -0.39 is 9.96 Å². The maximum Gasteiger partial charge on any atom is 0.295 e. The molecule has 3 N–H and O–H groups in total. The topological polar surface area (TPSA) is 80.1 Å². The number of halogens is 3. The summed E-state index contributed by atoms with van der Waals surface area (Å²) in [5.74, 6) is -0.159. The number of carbonyl (C=O) groups is 1. The summed E-state index contributed by atoms with van der Waals surface area (Å²) in [6.45, 7) is 5.58. The minimum absolute atomic E-state index is 0.0298. The number of amides is 1. The molecule has 0 unspecified atom stereocenters. The molecule has 0 aliphatic rings. The van der Waals surface area contributed by atoms with E-state index >= 15 is 0 Å². The molecule has 1 atom stereocenters. The van der Waals surface area contributed by atoms with Crippen molar-refractivity contribution in [1.82, 2.24) is 20.0 Å². The van der Waals surface area contributed by atoms with Crippen molar-refractivity contribution in [2.45, 2.75) is 37.2 Å². The summed E-state index contributed by atoms with van der Waals surface area (Å²) in [7, 11) is 1.77. The molecule has 0 spiro atoms. The lowest BCUT2D eigenvalue weighted by Gasteiger charge is -2.28. The van der Waals surface area contributed by atoms with Gasteiger partial charge in [0, 0.05) is 13.5 Å². The van der Waals surface area contributed by atoms with Crippen LogP contribution in [0.3, 0.4) is 0 Å². The first-order valence-electron chi connectivity index (χ1n) is 9.19. The number of nitrogens with one attached hydrogen (secondary N) is 3. The molecule has 0 saturated carbocycles. The molecule has 30 heavy (non-hydrogen) atoms. The second-order valence-corrected chi connectivity index (χ2v) is 9.95. The maximum atomic E-state index is 13.0. The zero-order valence-electron chi connectivity index (χ0n) is 17.0. The molecule has 0 aliphatic carbocycles. The average molecular weight is 493 g/mol. The number of thiocarbonyl (C=S) groups is 1. The Morgan fingerprint density at radius 2 is 1.77 bits per heavy atom. The van der Waals surface area contributed by atoms with Gasteiger partial charge < -0.3 is 16.0 Å². The van der Waals surface area contributed by atoms with Crippen LogP contribution in [0.25, 0.3) is 5.69 Å². The Morgan fingerprint density at radius 1 is 1.17 bits per heavy atom. The van der Waals surface area contributed by atoms with Gasteiger partial charge in [-0.1, -0.05) is 66.8 Å². The van der Waals surface area contributed by atoms with Crippen LogP contribution < -0.4 is 21.5 Å². The van der Waals surface area contributed by atoms with Crippen LogP contribution in [0.15, 0.2) is 35.1 Å². The smallest absolute Gasteiger partial charge is 0.295 e. The molecular weight excluding hydrogens is 469 g/mol. The number of carbonyl (C=O) groups excluding carboxylic acids is 1. The molecule has 7 nitrogen and oxygen atoms in total. The summed E-state index contributed by atoms with van der Waals surface area (Å²) in [5, 5.41) is 8.28. The molecule has 11 heteroatoms. The fourth-order valence-electron chi connectivity index (χ4n) is 2.78. The van der Waals surface area contributed by atoms with E-state index in [1.165, 1.54) is 4.68 Å². The molecule has 0 saturated heterocycles. The van der Waals surface area contributed by atoms with Crippen LogP contribution in [0, 0.1) is 12.8 Å². The first-order valence-corrected chi connectivity index (χ1v) is 10.7. The third kappa shape index (κ3) is 6.14. The molecule has 0 bridgehead atoms. The first kappa shape index (κ1) is 24.5. The fourth-order valence-corrected chi connectivity index (χ4v) is 3.33. The van der Waals surface area contributed by atoms with Gasteiger partial charge in [-0.05, 0) is 37.2 Å². The Balaban J connectivity index is 2.22. The summed E-state index contributed by atoms with van der Waals surface area (Å²) in [5.41, 5.74) is 1.34. The van der Waals surface area contributed by atoms with E-state index in [-0.39, 0.29) is 34.6 Å². The molecule has 2 rings (SSSR count). The van der Waals surface area contributed by atoms with Gasteiger partial charge >= 0.3 is 0 Å². The van der Waals surface area contributed by atoms with Gasteiger partial charge in [0.25, 0.3) is 5.56 Å². The highest BCUT2D eigenvalue weighted by Gasteiger charge is 2.35. The SMILES string of the molecule is Cc1c(NC(=S)N[C@H](NC(=O)CC(C)C)C(Cl)(Cl)Cl)c(=O)n(-c2ccccc2)n1C.